The first-order valence-corrected chi connectivity index (χ1v) is 12.0. The van der Waals surface area contributed by atoms with Crippen LogP contribution in [0.15, 0.2) is 63.9 Å². The fraction of sp³-hybridized carbons (Fsp3) is 0.208. The van der Waals surface area contributed by atoms with Gasteiger partial charge in [-0.3, -0.25) is 14.2 Å². The third kappa shape index (κ3) is 3.68. The van der Waals surface area contributed by atoms with Crippen molar-refractivity contribution in [2.45, 2.75) is 25.4 Å². The Bertz CT molecular complexity index is 1350. The first kappa shape index (κ1) is 20.0. The lowest BCUT2D eigenvalue weighted by Crippen LogP contribution is -2.31. The van der Waals surface area contributed by atoms with E-state index in [1.807, 2.05) is 60.5 Å². The normalized spacial score (nSPS) is 13.0. The van der Waals surface area contributed by atoms with Gasteiger partial charge < -0.3 is 4.90 Å². The van der Waals surface area contributed by atoms with Crippen LogP contribution in [0.2, 0.25) is 0 Å². The van der Waals surface area contributed by atoms with Crippen LogP contribution in [0.1, 0.15) is 16.7 Å². The molecular formula is C24H21N3O2S2. The van der Waals surface area contributed by atoms with E-state index in [9.17, 15) is 9.59 Å². The molecule has 1 aliphatic heterocycles. The van der Waals surface area contributed by atoms with Crippen LogP contribution in [-0.4, -0.2) is 27.8 Å². The van der Waals surface area contributed by atoms with Gasteiger partial charge in [-0.2, -0.15) is 0 Å². The Hall–Kier alpha value is -2.90. The van der Waals surface area contributed by atoms with E-state index >= 15 is 0 Å². The number of nitrogens with zero attached hydrogens (tertiary/aromatic N) is 3. The van der Waals surface area contributed by atoms with Gasteiger partial charge in [0.05, 0.1) is 17.0 Å². The number of para-hydroxylation sites is 1. The molecule has 7 heteroatoms. The number of aryl methyl sites for hydroxylation is 2. The van der Waals surface area contributed by atoms with Crippen molar-refractivity contribution in [2.24, 2.45) is 0 Å². The number of thiophene rings is 1. The molecule has 0 fully saturated rings. The monoisotopic (exact) mass is 447 g/mol. The standard InChI is InChI=1S/C24H21N3O2S2/c1-15-11-16(2)13-18(12-15)27-23(29)22-19(8-10-30-22)25-24(27)31-14-21(28)26-9-7-17-5-3-4-6-20(17)26/h3-6,8,10-13H,7,9,14H2,1-2H3. The van der Waals surface area contributed by atoms with Crippen molar-refractivity contribution in [2.75, 3.05) is 17.2 Å². The zero-order valence-electron chi connectivity index (χ0n) is 17.3. The average Bonchev–Trinajstić information content (AvgIpc) is 3.38. The summed E-state index contributed by atoms with van der Waals surface area (Å²) in [4.78, 5) is 32.9. The lowest BCUT2D eigenvalue weighted by Gasteiger charge is -2.18. The fourth-order valence-electron chi connectivity index (χ4n) is 4.10. The molecule has 4 aromatic rings. The van der Waals surface area contributed by atoms with Crippen molar-refractivity contribution in [1.29, 1.82) is 0 Å². The average molecular weight is 448 g/mol. The molecule has 0 spiro atoms. The number of carbonyl (C=O) groups excluding carboxylic acids is 1. The molecule has 0 radical (unpaired) electrons. The lowest BCUT2D eigenvalue weighted by molar-refractivity contribution is -0.116. The molecule has 1 aliphatic rings. The molecule has 31 heavy (non-hydrogen) atoms. The van der Waals surface area contributed by atoms with E-state index in [1.54, 1.807) is 4.57 Å². The summed E-state index contributed by atoms with van der Waals surface area (Å²) in [5.74, 6) is 0.253. The first-order valence-electron chi connectivity index (χ1n) is 10.1. The molecule has 156 valence electrons. The number of amides is 1. The number of benzene rings is 2. The van der Waals surface area contributed by atoms with E-state index in [1.165, 1.54) is 28.7 Å². The van der Waals surface area contributed by atoms with Crippen LogP contribution >= 0.6 is 23.1 Å². The second kappa shape index (κ2) is 7.98. The van der Waals surface area contributed by atoms with Gasteiger partial charge in [0.1, 0.15) is 4.70 Å². The minimum atomic E-state index is -0.0912. The molecule has 2 aromatic carbocycles. The van der Waals surface area contributed by atoms with Crippen LogP contribution in [-0.2, 0) is 11.2 Å². The second-order valence-electron chi connectivity index (χ2n) is 7.73. The molecule has 0 saturated heterocycles. The molecule has 0 N–H and O–H groups in total. The van der Waals surface area contributed by atoms with Gasteiger partial charge in [0, 0.05) is 12.2 Å². The maximum atomic E-state index is 13.3. The summed E-state index contributed by atoms with van der Waals surface area (Å²) < 4.78 is 2.28. The number of thioether (sulfide) groups is 1. The molecule has 1 amide bonds. The van der Waals surface area contributed by atoms with Gasteiger partial charge in [-0.25, -0.2) is 4.98 Å². The Morgan fingerprint density at radius 1 is 1.13 bits per heavy atom. The molecule has 2 aromatic heterocycles. The highest BCUT2D eigenvalue weighted by Crippen LogP contribution is 2.30. The number of hydrogen-bond acceptors (Lipinski definition) is 5. The molecule has 5 nitrogen and oxygen atoms in total. The quantitative estimate of drug-likeness (QED) is 0.335. The van der Waals surface area contributed by atoms with Crippen LogP contribution in [0.5, 0.6) is 0 Å². The SMILES string of the molecule is Cc1cc(C)cc(-n2c(SCC(=O)N3CCc4ccccc43)nc3ccsc3c2=O)c1. The van der Waals surface area contributed by atoms with E-state index in [2.05, 4.69) is 12.1 Å². The maximum Gasteiger partial charge on any atom is 0.276 e. The molecule has 0 bridgehead atoms. The highest BCUT2D eigenvalue weighted by atomic mass is 32.2. The summed E-state index contributed by atoms with van der Waals surface area (Å²) in [5.41, 5.74) is 5.71. The van der Waals surface area contributed by atoms with Crippen LogP contribution in [0, 0.1) is 13.8 Å². The van der Waals surface area contributed by atoms with Crippen LogP contribution < -0.4 is 10.5 Å². The zero-order chi connectivity index (χ0) is 21.5. The fourth-order valence-corrected chi connectivity index (χ4v) is 5.75. The molecule has 0 atom stereocenters. The van der Waals surface area contributed by atoms with Gasteiger partial charge >= 0.3 is 0 Å². The summed E-state index contributed by atoms with van der Waals surface area (Å²) in [6.07, 6.45) is 0.874. The molecule has 0 saturated carbocycles. The highest BCUT2D eigenvalue weighted by Gasteiger charge is 2.25. The van der Waals surface area contributed by atoms with Gasteiger partial charge in [0.15, 0.2) is 5.16 Å². The van der Waals surface area contributed by atoms with Gasteiger partial charge in [0.2, 0.25) is 5.91 Å². The number of fused-ring (bicyclic) bond motifs is 2. The Morgan fingerprint density at radius 2 is 1.90 bits per heavy atom. The Labute approximate surface area is 188 Å². The van der Waals surface area contributed by atoms with Crippen molar-refractivity contribution in [3.63, 3.8) is 0 Å². The van der Waals surface area contributed by atoms with Crippen LogP contribution in [0.4, 0.5) is 5.69 Å². The molecule has 5 rings (SSSR count). The van der Waals surface area contributed by atoms with Gasteiger partial charge in [-0.1, -0.05) is 36.0 Å². The Kier molecular flexibility index (Phi) is 5.16. The number of aromatic nitrogens is 2. The molecule has 0 unspecified atom stereocenters. The van der Waals surface area contributed by atoms with Gasteiger partial charge in [-0.05, 0) is 66.6 Å². The van der Waals surface area contributed by atoms with Crippen molar-refractivity contribution < 1.29 is 4.79 Å². The van der Waals surface area contributed by atoms with E-state index < -0.39 is 0 Å². The minimum Gasteiger partial charge on any atom is -0.311 e. The van der Waals surface area contributed by atoms with E-state index in [0.29, 0.717) is 21.9 Å². The summed E-state index contributed by atoms with van der Waals surface area (Å²) in [7, 11) is 0. The third-order valence-electron chi connectivity index (χ3n) is 5.43. The highest BCUT2D eigenvalue weighted by molar-refractivity contribution is 7.99. The predicted octanol–water partition coefficient (Wildman–Crippen LogP) is 4.75. The number of hydrogen-bond donors (Lipinski definition) is 0. The predicted molar refractivity (Wildman–Crippen MR) is 128 cm³/mol. The zero-order valence-corrected chi connectivity index (χ0v) is 18.9. The van der Waals surface area contributed by atoms with Gasteiger partial charge in [-0.15, -0.1) is 11.3 Å². The topological polar surface area (TPSA) is 55.2 Å². The summed E-state index contributed by atoms with van der Waals surface area (Å²) in [6.45, 7) is 4.72. The first-order chi connectivity index (χ1) is 15.0. The summed E-state index contributed by atoms with van der Waals surface area (Å²) in [5, 5.41) is 2.42. The van der Waals surface area contributed by atoms with Crippen molar-refractivity contribution in [3.05, 3.63) is 81.0 Å². The molecule has 0 aliphatic carbocycles. The van der Waals surface area contributed by atoms with E-state index in [4.69, 9.17) is 4.98 Å². The maximum absolute atomic E-state index is 13.3. The summed E-state index contributed by atoms with van der Waals surface area (Å²) in [6, 6.07) is 15.9. The molecular weight excluding hydrogens is 426 g/mol. The van der Waals surface area contributed by atoms with E-state index in [-0.39, 0.29) is 17.2 Å². The third-order valence-corrected chi connectivity index (χ3v) is 7.24. The van der Waals surface area contributed by atoms with E-state index in [0.717, 1.165) is 28.9 Å². The second-order valence-corrected chi connectivity index (χ2v) is 9.59. The Balaban J connectivity index is 1.51. The number of carbonyl (C=O) groups is 1. The van der Waals surface area contributed by atoms with Crippen molar-refractivity contribution >= 4 is 44.9 Å². The number of anilines is 1. The minimum absolute atomic E-state index is 0.0292. The lowest BCUT2D eigenvalue weighted by atomic mass is 10.1. The largest absolute Gasteiger partial charge is 0.311 e. The smallest absolute Gasteiger partial charge is 0.276 e. The molecule has 3 heterocycles. The van der Waals surface area contributed by atoms with Crippen molar-refractivity contribution in [3.8, 4) is 5.69 Å². The van der Waals surface area contributed by atoms with Crippen LogP contribution in [0.25, 0.3) is 15.9 Å². The van der Waals surface area contributed by atoms with Gasteiger partial charge in [0.25, 0.3) is 5.56 Å². The number of rotatable bonds is 4. The van der Waals surface area contributed by atoms with Crippen LogP contribution in [0.3, 0.4) is 0 Å². The van der Waals surface area contributed by atoms with Crippen molar-refractivity contribution in [1.82, 2.24) is 9.55 Å². The Morgan fingerprint density at radius 3 is 2.71 bits per heavy atom. The summed E-state index contributed by atoms with van der Waals surface area (Å²) >= 11 is 2.72.